The minimum Gasteiger partial charge on any atom is -0.332 e. The van der Waals surface area contributed by atoms with Crippen LogP contribution in [0.4, 0.5) is 0 Å². The minimum absolute atomic E-state index is 0.0757. The van der Waals surface area contributed by atoms with Crippen LogP contribution < -0.4 is 5.32 Å². The Labute approximate surface area is 196 Å². The molecule has 3 nitrogen and oxygen atoms in total. The standard InChI is InChI=1S/C26H32Cl2N2O/c1-5-14-26(3)17-23(20-7-6-8-22(28)16-20)24(19-9-11-21(27)12-10-19)30(25(26)31)18(2)13-15-29-4/h5-12,16,18,23-24,29H,1,13-15,17H2,2-4H3/t18-,23+,24+,26-/m0/s1. The smallest absolute Gasteiger partial charge is 0.229 e. The average Bonchev–Trinajstić information content (AvgIpc) is 2.74. The summed E-state index contributed by atoms with van der Waals surface area (Å²) < 4.78 is 0. The fraction of sp³-hybridized carbons (Fsp3) is 0.423. The molecule has 1 amide bonds. The lowest BCUT2D eigenvalue weighted by atomic mass is 9.67. The van der Waals surface area contributed by atoms with Crippen molar-refractivity contribution in [3.63, 3.8) is 0 Å². The van der Waals surface area contributed by atoms with Crippen LogP contribution in [0, 0.1) is 5.41 Å². The Morgan fingerprint density at radius 2 is 1.90 bits per heavy atom. The monoisotopic (exact) mass is 458 g/mol. The predicted octanol–water partition coefficient (Wildman–Crippen LogP) is 6.63. The highest BCUT2D eigenvalue weighted by molar-refractivity contribution is 6.30. The van der Waals surface area contributed by atoms with Crippen LogP contribution in [-0.4, -0.2) is 30.4 Å². The first kappa shape index (κ1) is 23.8. The molecule has 1 fully saturated rings. The van der Waals surface area contributed by atoms with Crippen LogP contribution in [0.1, 0.15) is 56.2 Å². The first-order valence-corrected chi connectivity index (χ1v) is 11.7. The summed E-state index contributed by atoms with van der Waals surface area (Å²) in [6.07, 6.45) is 4.12. The van der Waals surface area contributed by atoms with Crippen LogP contribution >= 0.6 is 23.2 Å². The number of likely N-dealkylation sites (tertiary alicyclic amines) is 1. The van der Waals surface area contributed by atoms with Gasteiger partial charge in [-0.2, -0.15) is 0 Å². The van der Waals surface area contributed by atoms with Crippen molar-refractivity contribution < 1.29 is 4.79 Å². The fourth-order valence-electron chi connectivity index (χ4n) is 4.86. The zero-order chi connectivity index (χ0) is 22.6. The van der Waals surface area contributed by atoms with Gasteiger partial charge in [0.2, 0.25) is 5.91 Å². The van der Waals surface area contributed by atoms with Gasteiger partial charge in [0, 0.05) is 22.0 Å². The topological polar surface area (TPSA) is 32.3 Å². The molecule has 1 aliphatic rings. The first-order valence-electron chi connectivity index (χ1n) is 10.9. The summed E-state index contributed by atoms with van der Waals surface area (Å²) in [5, 5.41) is 4.63. The van der Waals surface area contributed by atoms with E-state index < -0.39 is 5.41 Å². The van der Waals surface area contributed by atoms with Gasteiger partial charge in [-0.25, -0.2) is 0 Å². The number of nitrogens with zero attached hydrogens (tertiary/aromatic N) is 1. The average molecular weight is 459 g/mol. The van der Waals surface area contributed by atoms with Crippen LogP contribution in [0.15, 0.2) is 61.2 Å². The number of halogens is 2. The van der Waals surface area contributed by atoms with E-state index in [0.29, 0.717) is 16.5 Å². The van der Waals surface area contributed by atoms with Gasteiger partial charge in [-0.15, -0.1) is 6.58 Å². The van der Waals surface area contributed by atoms with E-state index >= 15 is 0 Å². The molecule has 5 heteroatoms. The summed E-state index contributed by atoms with van der Waals surface area (Å²) >= 11 is 12.6. The Balaban J connectivity index is 2.17. The quantitative estimate of drug-likeness (QED) is 0.450. The summed E-state index contributed by atoms with van der Waals surface area (Å²) in [6.45, 7) is 9.00. The largest absolute Gasteiger partial charge is 0.332 e. The van der Waals surface area contributed by atoms with E-state index in [2.05, 4.69) is 36.7 Å². The van der Waals surface area contributed by atoms with E-state index in [4.69, 9.17) is 23.2 Å². The highest BCUT2D eigenvalue weighted by Crippen LogP contribution is 2.52. The Kier molecular flexibility index (Phi) is 7.85. The van der Waals surface area contributed by atoms with Crippen molar-refractivity contribution in [2.24, 2.45) is 5.41 Å². The molecule has 0 radical (unpaired) electrons. The summed E-state index contributed by atoms with van der Waals surface area (Å²) in [7, 11) is 1.94. The Bertz CT molecular complexity index is 914. The van der Waals surface area contributed by atoms with Gasteiger partial charge in [0.25, 0.3) is 0 Å². The maximum Gasteiger partial charge on any atom is 0.229 e. The summed E-state index contributed by atoms with van der Waals surface area (Å²) in [6, 6.07) is 15.9. The van der Waals surface area contributed by atoms with Crippen LogP contribution in [0.5, 0.6) is 0 Å². The molecule has 1 N–H and O–H groups in total. The highest BCUT2D eigenvalue weighted by Gasteiger charge is 2.50. The second-order valence-electron chi connectivity index (χ2n) is 8.87. The lowest BCUT2D eigenvalue weighted by Crippen LogP contribution is -2.55. The van der Waals surface area contributed by atoms with E-state index in [-0.39, 0.29) is 23.9 Å². The van der Waals surface area contributed by atoms with Gasteiger partial charge in [0.15, 0.2) is 0 Å². The van der Waals surface area contributed by atoms with E-state index in [1.165, 1.54) is 0 Å². The second-order valence-corrected chi connectivity index (χ2v) is 9.74. The van der Waals surface area contributed by atoms with Crippen LogP contribution in [-0.2, 0) is 4.79 Å². The molecule has 0 saturated carbocycles. The van der Waals surface area contributed by atoms with E-state index in [0.717, 1.165) is 30.5 Å². The molecule has 2 aromatic rings. The molecule has 166 valence electrons. The number of allylic oxidation sites excluding steroid dienone is 1. The molecule has 0 spiro atoms. The third-order valence-electron chi connectivity index (χ3n) is 6.47. The van der Waals surface area contributed by atoms with E-state index in [9.17, 15) is 4.79 Å². The third kappa shape index (κ3) is 5.16. The van der Waals surface area contributed by atoms with Crippen molar-refractivity contribution in [1.29, 1.82) is 0 Å². The molecule has 31 heavy (non-hydrogen) atoms. The van der Waals surface area contributed by atoms with E-state index in [1.54, 1.807) is 0 Å². The number of rotatable bonds is 8. The Morgan fingerprint density at radius 1 is 1.19 bits per heavy atom. The number of piperidine rings is 1. The number of nitrogens with one attached hydrogen (secondary N) is 1. The SMILES string of the molecule is C=CC[C@@]1(C)C[C@H](c2cccc(Cl)c2)[C@@H](c2ccc(Cl)cc2)N([C@@H](C)CCNC)C1=O. The van der Waals surface area contributed by atoms with Crippen molar-refractivity contribution in [2.75, 3.05) is 13.6 Å². The van der Waals surface area contributed by atoms with Gasteiger partial charge in [0.05, 0.1) is 11.5 Å². The molecule has 2 aromatic carbocycles. The molecular weight excluding hydrogens is 427 g/mol. The Morgan fingerprint density at radius 3 is 2.52 bits per heavy atom. The molecule has 0 aliphatic carbocycles. The molecule has 0 aromatic heterocycles. The molecule has 1 heterocycles. The van der Waals surface area contributed by atoms with Crippen LogP contribution in [0.2, 0.25) is 10.0 Å². The fourth-order valence-corrected chi connectivity index (χ4v) is 5.19. The number of carbonyl (C=O) groups excluding carboxylic acids is 1. The third-order valence-corrected chi connectivity index (χ3v) is 6.96. The van der Waals surface area contributed by atoms with Gasteiger partial charge >= 0.3 is 0 Å². The first-order chi connectivity index (χ1) is 14.8. The summed E-state index contributed by atoms with van der Waals surface area (Å²) in [5.41, 5.74) is 1.74. The van der Waals surface area contributed by atoms with E-state index in [1.807, 2.05) is 55.6 Å². The zero-order valence-electron chi connectivity index (χ0n) is 18.6. The van der Waals surface area contributed by atoms with Gasteiger partial charge in [0.1, 0.15) is 0 Å². The maximum atomic E-state index is 13.9. The van der Waals surface area contributed by atoms with Crippen molar-refractivity contribution in [3.05, 3.63) is 82.4 Å². The van der Waals surface area contributed by atoms with Crippen molar-refractivity contribution >= 4 is 29.1 Å². The molecule has 1 aliphatic heterocycles. The second kappa shape index (κ2) is 10.2. The van der Waals surface area contributed by atoms with Gasteiger partial charge in [-0.3, -0.25) is 4.79 Å². The number of carbonyl (C=O) groups is 1. The van der Waals surface area contributed by atoms with Gasteiger partial charge in [-0.05, 0) is 75.2 Å². The number of benzene rings is 2. The molecular formula is C26H32Cl2N2O. The zero-order valence-corrected chi connectivity index (χ0v) is 20.1. The molecule has 1 saturated heterocycles. The number of hydrogen-bond donors (Lipinski definition) is 1. The van der Waals surface area contributed by atoms with Gasteiger partial charge in [-0.1, -0.05) is 60.5 Å². The van der Waals surface area contributed by atoms with Crippen molar-refractivity contribution in [2.45, 2.75) is 51.1 Å². The van der Waals surface area contributed by atoms with Crippen molar-refractivity contribution in [3.8, 4) is 0 Å². The van der Waals surface area contributed by atoms with Crippen molar-refractivity contribution in [1.82, 2.24) is 10.2 Å². The molecule has 0 unspecified atom stereocenters. The molecule has 4 atom stereocenters. The lowest BCUT2D eigenvalue weighted by molar-refractivity contribution is -0.154. The maximum absolute atomic E-state index is 13.9. The summed E-state index contributed by atoms with van der Waals surface area (Å²) in [4.78, 5) is 16.1. The molecule has 0 bridgehead atoms. The van der Waals surface area contributed by atoms with Gasteiger partial charge < -0.3 is 10.2 Å². The number of hydrogen-bond acceptors (Lipinski definition) is 2. The Hall–Kier alpha value is -1.81. The normalized spacial score (nSPS) is 24.8. The van der Waals surface area contributed by atoms with Crippen LogP contribution in [0.25, 0.3) is 0 Å². The lowest BCUT2D eigenvalue weighted by Gasteiger charge is -2.51. The number of amides is 1. The highest BCUT2D eigenvalue weighted by atomic mass is 35.5. The summed E-state index contributed by atoms with van der Waals surface area (Å²) in [5.74, 6) is 0.300. The minimum atomic E-state index is -0.508. The van der Waals surface area contributed by atoms with Crippen LogP contribution in [0.3, 0.4) is 0 Å². The molecule has 3 rings (SSSR count). The predicted molar refractivity (Wildman–Crippen MR) is 131 cm³/mol.